The van der Waals surface area contributed by atoms with Crippen LogP contribution in [0.25, 0.3) is 0 Å². The Morgan fingerprint density at radius 3 is 1.60 bits per heavy atom. The predicted molar refractivity (Wildman–Crippen MR) is 233 cm³/mol. The number of ketones is 1. The van der Waals surface area contributed by atoms with E-state index in [1.54, 1.807) is 12.2 Å². The predicted octanol–water partition coefficient (Wildman–Crippen LogP) is 10.4. The van der Waals surface area contributed by atoms with Gasteiger partial charge in [0.1, 0.15) is 12.7 Å². The summed E-state index contributed by atoms with van der Waals surface area (Å²) in [6.45, 7) is 2.01. The lowest BCUT2D eigenvalue weighted by atomic mass is 10.1. The van der Waals surface area contributed by atoms with Crippen molar-refractivity contribution >= 4 is 25.5 Å². The van der Waals surface area contributed by atoms with Gasteiger partial charge in [0.25, 0.3) is 0 Å². The van der Waals surface area contributed by atoms with E-state index in [9.17, 15) is 28.9 Å². The highest BCUT2D eigenvalue weighted by Crippen LogP contribution is 2.43. The molecule has 12 heteroatoms. The first kappa shape index (κ1) is 54.6. The zero-order chi connectivity index (χ0) is 42.8. The molecule has 3 N–H and O–H groups in total. The van der Waals surface area contributed by atoms with Gasteiger partial charge in [-0.05, 0) is 83.1 Å². The molecule has 328 valence electrons. The highest BCUT2D eigenvalue weighted by molar-refractivity contribution is 7.47. The second-order valence-corrected chi connectivity index (χ2v) is 15.1. The highest BCUT2D eigenvalue weighted by atomic mass is 31.2. The van der Waals surface area contributed by atoms with E-state index in [0.717, 1.165) is 57.8 Å². The molecule has 0 saturated heterocycles. The molecule has 0 fully saturated rings. The molecule has 0 aromatic heterocycles. The van der Waals surface area contributed by atoms with Gasteiger partial charge in [0.05, 0.1) is 19.8 Å². The van der Waals surface area contributed by atoms with Crippen molar-refractivity contribution in [3.8, 4) is 0 Å². The van der Waals surface area contributed by atoms with Gasteiger partial charge in [-0.25, -0.2) is 4.57 Å². The Labute approximate surface area is 349 Å². The smallest absolute Gasteiger partial charge is 0.462 e. The maximum Gasteiger partial charge on any atom is 0.472 e. The summed E-state index contributed by atoms with van der Waals surface area (Å²) in [6.07, 6.45) is 45.1. The average molecular weight is 833 g/mol. The third kappa shape index (κ3) is 39.4. The van der Waals surface area contributed by atoms with Crippen molar-refractivity contribution in [2.75, 3.05) is 26.4 Å². The standard InChI is InChI=1S/C46H73O11P/c1-3-5-7-8-9-10-11-12-13-14-15-16-19-23-26-29-33-37-46(51)57-44(41-56-58(52,53)55-39-43(49)38-47)40-54-45(50)36-32-28-25-22-20-17-18-21-24-27-31-35-42(48)34-30-6-4-2/h9-10,12-13,15-18,22-27,31,35,43-44,47,49H,3-8,11,14,19-21,28-30,32-34,36-41H2,1-2H3,(H,52,53)/b10-9-,13-12-,16-15-,18-17-,25-22-,26-23-,27-24-,35-31+/t43-,44+/m0/s1. The van der Waals surface area contributed by atoms with Crippen LogP contribution in [0.15, 0.2) is 97.2 Å². The van der Waals surface area contributed by atoms with Gasteiger partial charge in [-0.15, -0.1) is 0 Å². The lowest BCUT2D eigenvalue weighted by Gasteiger charge is -2.20. The number of hydrogen-bond donors (Lipinski definition) is 3. The largest absolute Gasteiger partial charge is 0.472 e. The van der Waals surface area contributed by atoms with Crippen LogP contribution in [0.4, 0.5) is 0 Å². The number of carbonyl (C=O) groups excluding carboxylic acids is 3. The number of aliphatic hydroxyl groups excluding tert-OH is 2. The minimum Gasteiger partial charge on any atom is -0.462 e. The quantitative estimate of drug-likeness (QED) is 0.0135. The number of rotatable bonds is 38. The Hall–Kier alpha value is -3.44. The fourth-order valence-corrected chi connectivity index (χ4v) is 5.66. The number of phosphoric ester groups is 1. The van der Waals surface area contributed by atoms with Crippen molar-refractivity contribution in [3.63, 3.8) is 0 Å². The Morgan fingerprint density at radius 1 is 0.569 bits per heavy atom. The molecule has 0 spiro atoms. The van der Waals surface area contributed by atoms with E-state index in [0.29, 0.717) is 32.1 Å². The highest BCUT2D eigenvalue weighted by Gasteiger charge is 2.27. The number of unbranched alkanes of at least 4 members (excludes halogenated alkanes) is 7. The second-order valence-electron chi connectivity index (χ2n) is 13.7. The van der Waals surface area contributed by atoms with Crippen LogP contribution in [0.2, 0.25) is 0 Å². The molecule has 0 aliphatic carbocycles. The molecule has 11 nitrogen and oxygen atoms in total. The summed E-state index contributed by atoms with van der Waals surface area (Å²) in [5.74, 6) is -0.947. The number of ether oxygens (including phenoxy) is 2. The van der Waals surface area contributed by atoms with Gasteiger partial charge in [0.15, 0.2) is 11.9 Å². The zero-order valence-corrected chi connectivity index (χ0v) is 36.1. The molecule has 0 rings (SSSR count). The Bertz CT molecular complexity index is 1340. The SMILES string of the molecule is CCCCC/C=C\C/C=C\C/C=C\C/C=C\CCCC(=O)O[C@H](COC(=O)CCC/C=C\C/C=C\C/C=C\C=C\C(=O)CCCCC)COP(=O)(O)OC[C@@H](O)CO. The van der Waals surface area contributed by atoms with Crippen molar-refractivity contribution in [3.05, 3.63) is 97.2 Å². The monoisotopic (exact) mass is 832 g/mol. The van der Waals surface area contributed by atoms with Crippen molar-refractivity contribution in [2.24, 2.45) is 0 Å². The maximum atomic E-state index is 12.6. The van der Waals surface area contributed by atoms with E-state index in [4.69, 9.17) is 19.1 Å². The molecular formula is C46H73O11P. The molecule has 0 aliphatic rings. The van der Waals surface area contributed by atoms with Crippen molar-refractivity contribution in [1.82, 2.24) is 0 Å². The third-order valence-electron chi connectivity index (χ3n) is 8.19. The molecule has 3 atom stereocenters. The number of esters is 2. The average Bonchev–Trinajstić information content (AvgIpc) is 3.20. The Balaban J connectivity index is 4.57. The van der Waals surface area contributed by atoms with Crippen LogP contribution >= 0.6 is 7.82 Å². The topological polar surface area (TPSA) is 166 Å². The lowest BCUT2D eigenvalue weighted by molar-refractivity contribution is -0.161. The van der Waals surface area contributed by atoms with Crippen LogP contribution < -0.4 is 0 Å². The fourth-order valence-electron chi connectivity index (χ4n) is 4.87. The van der Waals surface area contributed by atoms with Gasteiger partial charge in [-0.2, -0.15) is 0 Å². The number of carbonyl (C=O) groups is 3. The van der Waals surface area contributed by atoms with Crippen LogP contribution in [0, 0.1) is 0 Å². The second kappa shape index (κ2) is 40.3. The van der Waals surface area contributed by atoms with Crippen LogP contribution in [-0.2, 0) is 37.5 Å². The van der Waals surface area contributed by atoms with Gasteiger partial charge in [0, 0.05) is 19.3 Å². The van der Waals surface area contributed by atoms with E-state index in [1.807, 2.05) is 48.6 Å². The normalized spacial score (nSPS) is 14.7. The summed E-state index contributed by atoms with van der Waals surface area (Å²) in [4.78, 5) is 46.6. The molecule has 0 aliphatic heterocycles. The first-order valence-electron chi connectivity index (χ1n) is 21.1. The van der Waals surface area contributed by atoms with E-state index < -0.39 is 51.8 Å². The van der Waals surface area contributed by atoms with Crippen LogP contribution in [0.3, 0.4) is 0 Å². The molecule has 0 bridgehead atoms. The van der Waals surface area contributed by atoms with Crippen molar-refractivity contribution in [1.29, 1.82) is 0 Å². The zero-order valence-electron chi connectivity index (χ0n) is 35.2. The van der Waals surface area contributed by atoms with Crippen LogP contribution in [0.1, 0.15) is 136 Å². The van der Waals surface area contributed by atoms with Crippen LogP contribution in [0.5, 0.6) is 0 Å². The summed E-state index contributed by atoms with van der Waals surface area (Å²) < 4.78 is 32.5. The molecule has 0 saturated carbocycles. The molecule has 1 unspecified atom stereocenters. The van der Waals surface area contributed by atoms with Crippen molar-refractivity contribution < 1.29 is 52.6 Å². The molecule has 0 radical (unpaired) electrons. The number of allylic oxidation sites excluding steroid dienone is 16. The summed E-state index contributed by atoms with van der Waals surface area (Å²) in [5, 5.41) is 18.3. The molecular weight excluding hydrogens is 759 g/mol. The fraction of sp³-hybridized carbons (Fsp3) is 0.587. The molecule has 0 aromatic carbocycles. The summed E-state index contributed by atoms with van der Waals surface area (Å²) >= 11 is 0. The molecule has 0 amide bonds. The number of aliphatic hydroxyl groups is 2. The van der Waals surface area contributed by atoms with E-state index in [-0.39, 0.29) is 25.2 Å². The minimum atomic E-state index is -4.66. The number of hydrogen-bond acceptors (Lipinski definition) is 10. The van der Waals surface area contributed by atoms with Crippen LogP contribution in [-0.4, -0.2) is 71.5 Å². The minimum absolute atomic E-state index is 0.0788. The number of phosphoric acid groups is 1. The van der Waals surface area contributed by atoms with Gasteiger partial charge >= 0.3 is 19.8 Å². The summed E-state index contributed by atoms with van der Waals surface area (Å²) in [5.41, 5.74) is 0. The maximum absolute atomic E-state index is 12.6. The van der Waals surface area contributed by atoms with Gasteiger partial charge in [0.2, 0.25) is 0 Å². The molecule has 58 heavy (non-hydrogen) atoms. The van der Waals surface area contributed by atoms with Gasteiger partial charge in [-0.1, -0.05) is 131 Å². The van der Waals surface area contributed by atoms with Crippen molar-refractivity contribution in [2.45, 2.75) is 148 Å². The molecule has 0 heterocycles. The van der Waals surface area contributed by atoms with Gasteiger partial charge < -0.3 is 24.6 Å². The van der Waals surface area contributed by atoms with E-state index in [1.165, 1.54) is 19.3 Å². The summed E-state index contributed by atoms with van der Waals surface area (Å²) in [7, 11) is -4.66. The molecule has 0 aromatic rings. The first-order valence-corrected chi connectivity index (χ1v) is 22.6. The first-order chi connectivity index (χ1) is 28.1. The van der Waals surface area contributed by atoms with E-state index in [2.05, 4.69) is 54.8 Å². The summed E-state index contributed by atoms with van der Waals surface area (Å²) in [6, 6.07) is 0. The lowest BCUT2D eigenvalue weighted by Crippen LogP contribution is -2.29. The Morgan fingerprint density at radius 2 is 1.05 bits per heavy atom. The third-order valence-corrected chi connectivity index (χ3v) is 9.14. The van der Waals surface area contributed by atoms with E-state index >= 15 is 0 Å². The Kier molecular flexibility index (Phi) is 38.0. The van der Waals surface area contributed by atoms with Gasteiger partial charge in [-0.3, -0.25) is 23.4 Å².